The molecule has 2 saturated heterocycles. The van der Waals surface area contributed by atoms with Gasteiger partial charge in [0.15, 0.2) is 0 Å². The van der Waals surface area contributed by atoms with Crippen molar-refractivity contribution < 1.29 is 18.8 Å². The zero-order chi connectivity index (χ0) is 19.3. The van der Waals surface area contributed by atoms with Crippen LogP contribution in [0, 0.1) is 20.8 Å². The summed E-state index contributed by atoms with van der Waals surface area (Å²) in [4.78, 5) is 38.0. The first-order chi connectivity index (χ1) is 12.8. The van der Waals surface area contributed by atoms with Gasteiger partial charge in [0, 0.05) is 23.5 Å². The number of hydrogen-bond donors (Lipinski definition) is 2. The summed E-state index contributed by atoms with van der Waals surface area (Å²) < 4.78 is 5.73. The minimum atomic E-state index is -0.473. The lowest BCUT2D eigenvalue weighted by Gasteiger charge is -2.28. The van der Waals surface area contributed by atoms with Crippen molar-refractivity contribution in [3.8, 4) is 0 Å². The average Bonchev–Trinajstić information content (AvgIpc) is 3.21. The highest BCUT2D eigenvalue weighted by molar-refractivity contribution is 5.96. The SMILES string of the molecule is Cc1cc(C)c2c(CC(=O)N[C@@H]3C[C@H]4C(=O)NCC(=O)N4C3)coc2c1C. The van der Waals surface area contributed by atoms with Gasteiger partial charge in [-0.25, -0.2) is 0 Å². The molecule has 2 aliphatic heterocycles. The van der Waals surface area contributed by atoms with E-state index in [4.69, 9.17) is 4.42 Å². The third-order valence-corrected chi connectivity index (χ3v) is 5.68. The molecule has 3 heterocycles. The Labute approximate surface area is 157 Å². The highest BCUT2D eigenvalue weighted by Crippen LogP contribution is 2.30. The van der Waals surface area contributed by atoms with E-state index in [2.05, 4.69) is 16.7 Å². The Kier molecular flexibility index (Phi) is 4.17. The number of amides is 3. The summed E-state index contributed by atoms with van der Waals surface area (Å²) in [6.45, 7) is 6.50. The van der Waals surface area contributed by atoms with E-state index in [0.717, 1.165) is 33.2 Å². The van der Waals surface area contributed by atoms with Crippen molar-refractivity contribution in [3.63, 3.8) is 0 Å². The standard InChI is InChI=1S/C20H23N3O4/c1-10-4-11(2)18-13(9-27-19(18)12(10)3)5-16(24)22-14-6-15-20(26)21-7-17(25)23(15)8-14/h4,9,14-15H,5-8H2,1-3H3,(H,21,26)(H,22,24)/t14-,15+/m1/s1. The summed E-state index contributed by atoms with van der Waals surface area (Å²) >= 11 is 0. The van der Waals surface area contributed by atoms with Gasteiger partial charge in [-0.3, -0.25) is 14.4 Å². The van der Waals surface area contributed by atoms with Crippen LogP contribution in [0.15, 0.2) is 16.7 Å². The van der Waals surface area contributed by atoms with Gasteiger partial charge in [0.05, 0.1) is 19.2 Å². The average molecular weight is 369 g/mol. The fourth-order valence-electron chi connectivity index (χ4n) is 4.21. The first-order valence-corrected chi connectivity index (χ1v) is 9.18. The second-order valence-corrected chi connectivity index (χ2v) is 7.56. The Bertz CT molecular complexity index is 938. The van der Waals surface area contributed by atoms with Crippen molar-refractivity contribution in [2.75, 3.05) is 13.1 Å². The molecule has 1 aromatic carbocycles. The van der Waals surface area contributed by atoms with E-state index < -0.39 is 6.04 Å². The molecule has 0 aliphatic carbocycles. The summed E-state index contributed by atoms with van der Waals surface area (Å²) in [6, 6.07) is 1.42. The van der Waals surface area contributed by atoms with Gasteiger partial charge in [-0.1, -0.05) is 6.07 Å². The first-order valence-electron chi connectivity index (χ1n) is 9.18. The molecule has 0 radical (unpaired) electrons. The van der Waals surface area contributed by atoms with Crippen LogP contribution < -0.4 is 10.6 Å². The third kappa shape index (κ3) is 2.97. The molecule has 0 bridgehead atoms. The molecule has 1 aromatic heterocycles. The smallest absolute Gasteiger partial charge is 0.243 e. The van der Waals surface area contributed by atoms with Crippen molar-refractivity contribution in [3.05, 3.63) is 34.6 Å². The normalized spacial score (nSPS) is 22.1. The molecule has 7 heteroatoms. The van der Waals surface area contributed by atoms with Gasteiger partial charge >= 0.3 is 0 Å². The van der Waals surface area contributed by atoms with Gasteiger partial charge < -0.3 is 20.0 Å². The minimum absolute atomic E-state index is 0.0368. The lowest BCUT2D eigenvalue weighted by Crippen LogP contribution is -2.55. The molecule has 2 aromatic rings. The highest BCUT2D eigenvalue weighted by atomic mass is 16.3. The number of hydrogen-bond acceptors (Lipinski definition) is 4. The van der Waals surface area contributed by atoms with Crippen LogP contribution in [0.4, 0.5) is 0 Å². The lowest BCUT2D eigenvalue weighted by molar-refractivity contribution is -0.143. The molecule has 0 unspecified atom stereocenters. The second kappa shape index (κ2) is 6.40. The van der Waals surface area contributed by atoms with Gasteiger partial charge in [-0.05, 0) is 43.9 Å². The summed E-state index contributed by atoms with van der Waals surface area (Å²) in [6.07, 6.45) is 2.31. The van der Waals surface area contributed by atoms with Gasteiger partial charge in [0.1, 0.15) is 11.6 Å². The summed E-state index contributed by atoms with van der Waals surface area (Å²) in [5.41, 5.74) is 5.02. The molecule has 142 valence electrons. The van der Waals surface area contributed by atoms with Crippen LogP contribution in [0.25, 0.3) is 11.0 Å². The first kappa shape index (κ1) is 17.6. The van der Waals surface area contributed by atoms with Crippen LogP contribution >= 0.6 is 0 Å². The molecule has 2 fully saturated rings. The van der Waals surface area contributed by atoms with Crippen LogP contribution in [-0.4, -0.2) is 47.8 Å². The number of nitrogens with one attached hydrogen (secondary N) is 2. The molecular formula is C20H23N3O4. The Morgan fingerprint density at radius 3 is 2.81 bits per heavy atom. The quantitative estimate of drug-likeness (QED) is 0.848. The van der Waals surface area contributed by atoms with Gasteiger partial charge in [-0.15, -0.1) is 0 Å². The summed E-state index contributed by atoms with van der Waals surface area (Å²) in [7, 11) is 0. The fraction of sp³-hybridized carbons (Fsp3) is 0.450. The zero-order valence-corrected chi connectivity index (χ0v) is 15.7. The number of fused-ring (bicyclic) bond motifs is 2. The molecule has 2 atom stereocenters. The molecule has 7 nitrogen and oxygen atoms in total. The van der Waals surface area contributed by atoms with E-state index in [0.29, 0.717) is 13.0 Å². The maximum atomic E-state index is 12.6. The maximum absolute atomic E-state index is 12.6. The monoisotopic (exact) mass is 369 g/mol. The second-order valence-electron chi connectivity index (χ2n) is 7.56. The number of furan rings is 1. The Morgan fingerprint density at radius 2 is 2.07 bits per heavy atom. The Morgan fingerprint density at radius 1 is 1.30 bits per heavy atom. The number of rotatable bonds is 3. The van der Waals surface area contributed by atoms with Crippen LogP contribution in [0.3, 0.4) is 0 Å². The van der Waals surface area contributed by atoms with Crippen LogP contribution in [-0.2, 0) is 20.8 Å². The Hall–Kier alpha value is -2.83. The van der Waals surface area contributed by atoms with Crippen molar-refractivity contribution in [1.29, 1.82) is 0 Å². The van der Waals surface area contributed by atoms with Crippen molar-refractivity contribution in [1.82, 2.24) is 15.5 Å². The number of benzene rings is 1. The van der Waals surface area contributed by atoms with Crippen molar-refractivity contribution >= 4 is 28.7 Å². The van der Waals surface area contributed by atoms with Gasteiger partial charge in [-0.2, -0.15) is 0 Å². The van der Waals surface area contributed by atoms with E-state index >= 15 is 0 Å². The van der Waals surface area contributed by atoms with E-state index in [-0.39, 0.29) is 36.7 Å². The molecule has 3 amide bonds. The van der Waals surface area contributed by atoms with E-state index in [1.54, 1.807) is 11.2 Å². The van der Waals surface area contributed by atoms with Crippen molar-refractivity contribution in [2.24, 2.45) is 0 Å². The largest absolute Gasteiger partial charge is 0.464 e. The number of carbonyl (C=O) groups is 3. The van der Waals surface area contributed by atoms with E-state index in [1.807, 2.05) is 20.8 Å². The fourth-order valence-corrected chi connectivity index (χ4v) is 4.21. The molecule has 2 N–H and O–H groups in total. The molecular weight excluding hydrogens is 346 g/mol. The molecule has 2 aliphatic rings. The number of nitrogens with zero attached hydrogens (tertiary/aromatic N) is 1. The minimum Gasteiger partial charge on any atom is -0.464 e. The molecule has 0 spiro atoms. The molecule has 27 heavy (non-hydrogen) atoms. The van der Waals surface area contributed by atoms with Crippen LogP contribution in [0.2, 0.25) is 0 Å². The third-order valence-electron chi connectivity index (χ3n) is 5.68. The number of piperazine rings is 1. The van der Waals surface area contributed by atoms with Crippen LogP contribution in [0.1, 0.15) is 28.7 Å². The topological polar surface area (TPSA) is 91.7 Å². The van der Waals surface area contributed by atoms with Gasteiger partial charge in [0.2, 0.25) is 17.7 Å². The number of aryl methyl sites for hydroxylation is 3. The van der Waals surface area contributed by atoms with Crippen molar-refractivity contribution in [2.45, 2.75) is 45.7 Å². The predicted octanol–water partition coefficient (Wildman–Crippen LogP) is 1.12. The number of carbonyl (C=O) groups excluding carboxylic acids is 3. The maximum Gasteiger partial charge on any atom is 0.243 e. The van der Waals surface area contributed by atoms with Gasteiger partial charge in [0.25, 0.3) is 0 Å². The van der Waals surface area contributed by atoms with E-state index in [1.165, 1.54) is 0 Å². The lowest BCUT2D eigenvalue weighted by atomic mass is 9.99. The van der Waals surface area contributed by atoms with Crippen LogP contribution in [0.5, 0.6) is 0 Å². The summed E-state index contributed by atoms with van der Waals surface area (Å²) in [5.74, 6) is -0.375. The predicted molar refractivity (Wildman–Crippen MR) is 99.2 cm³/mol. The highest BCUT2D eigenvalue weighted by Gasteiger charge is 2.42. The Balaban J connectivity index is 1.48. The van der Waals surface area contributed by atoms with E-state index in [9.17, 15) is 14.4 Å². The summed E-state index contributed by atoms with van der Waals surface area (Å²) in [5, 5.41) is 6.56. The zero-order valence-electron chi connectivity index (χ0n) is 15.7. The molecule has 0 saturated carbocycles. The molecule has 4 rings (SSSR count).